The largest absolute Gasteiger partial charge is 0.507 e. The molecule has 0 amide bonds. The minimum Gasteiger partial charge on any atom is -0.507 e. The molecule has 3 aromatic heterocycles. The molecule has 0 aliphatic carbocycles. The van der Waals surface area contributed by atoms with E-state index in [2.05, 4.69) is 0 Å². The molecular formula is C71H69Cl3N6O19. The number of aliphatic hydroxyl groups is 1. The maximum atomic E-state index is 15.0. The van der Waals surface area contributed by atoms with Crippen molar-refractivity contribution in [1.29, 1.82) is 0 Å². The summed E-state index contributed by atoms with van der Waals surface area (Å²) < 4.78 is 37.8. The summed E-state index contributed by atoms with van der Waals surface area (Å²) in [6.07, 6.45) is -3.33. The lowest BCUT2D eigenvalue weighted by Crippen LogP contribution is -2.48. The van der Waals surface area contributed by atoms with Gasteiger partial charge in [0.15, 0.2) is 27.8 Å². The number of carbonyl (C=O) groups excluding carboxylic acids is 3. The number of piperidine rings is 3. The first-order valence-electron chi connectivity index (χ1n) is 31.8. The van der Waals surface area contributed by atoms with Gasteiger partial charge in [-0.3, -0.25) is 28.8 Å². The Morgan fingerprint density at radius 1 is 0.535 bits per heavy atom. The summed E-state index contributed by atoms with van der Waals surface area (Å²) in [5, 5.41) is 60.5. The molecule has 3 aliphatic rings. The Labute approximate surface area is 578 Å². The molecule has 8 atom stereocenters. The third kappa shape index (κ3) is 14.0. The third-order valence-electron chi connectivity index (χ3n) is 18.2. The molecule has 99 heavy (non-hydrogen) atoms. The standard InChI is InChI=1S/C71H69Cl3N6O19/c1-33(2)66(77)71(91)97-56-29-78(3)19-16-37(56)61-46(84)26-55(64-49(87)24-52(94-68(61)64)35-11-5-8-14-41(35)73)99-80-21-18-39(58(31-80)96-70(90)43(76)32-81)62-47(85)27-54(65-50(88)25-53(95-69(62)65)36-12-6-9-15-42(36)74)98-79-20-17-38(57(30-79)92-59(89)28-75)60-44(82)22-45(83)63-48(86)23-51(93-67(60)63)34-10-4-7-13-40(34)72/h4-15,22-27,33,37-39,43,56-58,66,81-85H,16-21,28-32,75-77H2,1-3H3/t37-,38-,39-,43-,56+,57+,58+,66-/m0/s1. The van der Waals surface area contributed by atoms with Crippen LogP contribution in [0.3, 0.4) is 0 Å². The number of fused-ring (bicyclic) bond motifs is 3. The van der Waals surface area contributed by atoms with Crippen molar-refractivity contribution in [3.05, 3.63) is 172 Å². The summed E-state index contributed by atoms with van der Waals surface area (Å²) in [7, 11) is 1.85. The van der Waals surface area contributed by atoms with Crippen LogP contribution in [0.15, 0.2) is 137 Å². The zero-order valence-electron chi connectivity index (χ0n) is 53.5. The van der Waals surface area contributed by atoms with E-state index in [1.807, 2.05) is 11.9 Å². The van der Waals surface area contributed by atoms with Crippen molar-refractivity contribution in [3.63, 3.8) is 0 Å². The second-order valence-electron chi connectivity index (χ2n) is 25.1. The molecule has 3 fully saturated rings. The van der Waals surface area contributed by atoms with Crippen LogP contribution in [-0.4, -0.2) is 148 Å². The van der Waals surface area contributed by atoms with E-state index < -0.39 is 118 Å². The Hall–Kier alpha value is -9.25. The molecule has 6 aromatic carbocycles. The molecule has 518 valence electrons. The Balaban J connectivity index is 0.927. The molecule has 3 saturated heterocycles. The number of aliphatic hydroxyl groups excluding tert-OH is 1. The SMILES string of the molecule is CC(C)[C@H](N)C(=O)O[C@@H]1CN(C)CC[C@@H]1c1c(O)cc(ON2CC[C@H](c3c(O)cc(ON4CC[C@H](c5c(O)cc(O)c6c(=O)cc(-c7ccccc7Cl)oc56)[C@H](OC(=O)CN)C4)c4c(=O)cc(-c5ccccc5Cl)oc34)[C@H](OC(=O)[C@@H](N)CO)C2)c2c(=O)cc(-c3ccccc3Cl)oc12. The number of hydrogen-bond acceptors (Lipinski definition) is 25. The molecule has 3 aliphatic heterocycles. The van der Waals surface area contributed by atoms with E-state index in [4.69, 9.17) is 89.1 Å². The number of hydrogen-bond donors (Lipinski definition) is 8. The second kappa shape index (κ2) is 28.9. The number of likely N-dealkylation sites (N-methyl/N-ethyl adjacent to an activating group) is 1. The van der Waals surface area contributed by atoms with Crippen LogP contribution in [0, 0.1) is 5.92 Å². The number of carbonyl (C=O) groups is 3. The van der Waals surface area contributed by atoms with Crippen molar-refractivity contribution in [2.45, 2.75) is 81.3 Å². The van der Waals surface area contributed by atoms with Gasteiger partial charge in [-0.1, -0.05) is 85.0 Å². The lowest BCUT2D eigenvalue weighted by Gasteiger charge is -2.39. The van der Waals surface area contributed by atoms with E-state index in [-0.39, 0.29) is 150 Å². The maximum Gasteiger partial charge on any atom is 0.325 e. The molecule has 25 nitrogen and oxygen atoms in total. The van der Waals surface area contributed by atoms with Crippen molar-refractivity contribution >= 4 is 85.6 Å². The minimum atomic E-state index is -1.57. The van der Waals surface area contributed by atoms with E-state index in [0.717, 1.165) is 18.2 Å². The predicted molar refractivity (Wildman–Crippen MR) is 366 cm³/mol. The lowest BCUT2D eigenvalue weighted by molar-refractivity contribution is -0.166. The van der Waals surface area contributed by atoms with Gasteiger partial charge >= 0.3 is 17.9 Å². The van der Waals surface area contributed by atoms with Crippen LogP contribution in [0.2, 0.25) is 15.1 Å². The number of likely N-dealkylation sites (tertiary alicyclic amines) is 1. The highest BCUT2D eigenvalue weighted by Crippen LogP contribution is 2.49. The van der Waals surface area contributed by atoms with Gasteiger partial charge in [0, 0.05) is 107 Å². The first kappa shape index (κ1) is 69.6. The number of aromatic hydroxyl groups is 4. The van der Waals surface area contributed by atoms with Crippen LogP contribution in [0.1, 0.15) is 67.6 Å². The Kier molecular flexibility index (Phi) is 20.3. The Morgan fingerprint density at radius 2 is 0.919 bits per heavy atom. The molecule has 0 radical (unpaired) electrons. The van der Waals surface area contributed by atoms with Crippen LogP contribution in [0.4, 0.5) is 0 Å². The van der Waals surface area contributed by atoms with Crippen LogP contribution in [-0.2, 0) is 28.6 Å². The summed E-state index contributed by atoms with van der Waals surface area (Å²) in [5.74, 6) is -8.23. The fourth-order valence-electron chi connectivity index (χ4n) is 13.2. The smallest absolute Gasteiger partial charge is 0.325 e. The highest BCUT2D eigenvalue weighted by molar-refractivity contribution is 6.34. The highest BCUT2D eigenvalue weighted by Gasteiger charge is 2.44. The molecule has 9 aromatic rings. The fourth-order valence-corrected chi connectivity index (χ4v) is 13.9. The van der Waals surface area contributed by atoms with E-state index in [1.165, 1.54) is 28.3 Å². The van der Waals surface area contributed by atoms with Gasteiger partial charge in [0.05, 0.1) is 41.3 Å². The van der Waals surface area contributed by atoms with Gasteiger partial charge in [0.2, 0.25) is 0 Å². The normalized spacial score (nSPS) is 20.0. The van der Waals surface area contributed by atoms with Gasteiger partial charge < -0.3 is 84.8 Å². The summed E-state index contributed by atoms with van der Waals surface area (Å²) >= 11 is 20.0. The monoisotopic (exact) mass is 1410 g/mol. The molecule has 0 spiro atoms. The van der Waals surface area contributed by atoms with Gasteiger partial charge in [0.1, 0.15) is 104 Å². The van der Waals surface area contributed by atoms with E-state index in [0.29, 0.717) is 24.1 Å². The van der Waals surface area contributed by atoms with Crippen molar-refractivity contribution in [2.75, 3.05) is 59.5 Å². The van der Waals surface area contributed by atoms with Crippen molar-refractivity contribution < 1.29 is 77.1 Å². The van der Waals surface area contributed by atoms with Crippen molar-refractivity contribution in [3.8, 4) is 68.5 Å². The quantitative estimate of drug-likeness (QED) is 0.0294. The van der Waals surface area contributed by atoms with E-state index >= 15 is 4.79 Å². The molecule has 0 saturated carbocycles. The molecule has 0 bridgehead atoms. The maximum absolute atomic E-state index is 15.0. The first-order valence-corrected chi connectivity index (χ1v) is 33.0. The number of rotatable bonds is 18. The zero-order valence-corrected chi connectivity index (χ0v) is 55.8. The molecule has 0 unspecified atom stereocenters. The fraction of sp³-hybridized carbons (Fsp3) is 0.324. The van der Waals surface area contributed by atoms with Crippen LogP contribution >= 0.6 is 34.8 Å². The zero-order chi connectivity index (χ0) is 70.4. The third-order valence-corrected chi connectivity index (χ3v) is 19.2. The molecule has 11 N–H and O–H groups in total. The number of phenolic OH excluding ortho intramolecular Hbond substituents is 4. The van der Waals surface area contributed by atoms with E-state index in [9.17, 15) is 49.5 Å². The van der Waals surface area contributed by atoms with Crippen LogP contribution in [0.5, 0.6) is 34.5 Å². The number of nitrogens with zero attached hydrogens (tertiary/aromatic N) is 3. The number of halogens is 3. The summed E-state index contributed by atoms with van der Waals surface area (Å²) in [5.41, 5.74) is 16.6. The molecule has 6 heterocycles. The molecular weight excluding hydrogens is 1350 g/mol. The number of hydroxylamine groups is 4. The predicted octanol–water partition coefficient (Wildman–Crippen LogP) is 8.77. The van der Waals surface area contributed by atoms with Crippen LogP contribution < -0.4 is 43.2 Å². The minimum absolute atomic E-state index is 0.00111. The average molecular weight is 1420 g/mol. The lowest BCUT2D eigenvalue weighted by atomic mass is 9.85. The molecule has 28 heteroatoms. The average Bonchev–Trinajstić information content (AvgIpc) is 0.765. The summed E-state index contributed by atoms with van der Waals surface area (Å²) in [6.45, 7) is 2.02. The first-order chi connectivity index (χ1) is 47.4. The van der Waals surface area contributed by atoms with Gasteiger partial charge in [-0.25, -0.2) is 0 Å². The van der Waals surface area contributed by atoms with Crippen molar-refractivity contribution in [2.24, 2.45) is 23.1 Å². The summed E-state index contributed by atoms with van der Waals surface area (Å²) in [4.78, 5) is 99.5. The topological polar surface area (TPSA) is 377 Å². The van der Waals surface area contributed by atoms with Gasteiger partial charge in [-0.2, -0.15) is 0 Å². The number of esters is 3. The Morgan fingerprint density at radius 3 is 1.34 bits per heavy atom. The number of phenols is 4. The van der Waals surface area contributed by atoms with Gasteiger partial charge in [-0.15, -0.1) is 10.1 Å². The van der Waals surface area contributed by atoms with Gasteiger partial charge in [0.25, 0.3) is 0 Å². The number of nitrogens with two attached hydrogens (primary N) is 3. The highest BCUT2D eigenvalue weighted by atomic mass is 35.5. The van der Waals surface area contributed by atoms with E-state index in [1.54, 1.807) is 86.6 Å². The molecule has 12 rings (SSSR count). The van der Waals surface area contributed by atoms with Gasteiger partial charge in [-0.05, 0) is 75.2 Å². The summed E-state index contributed by atoms with van der Waals surface area (Å²) in [6, 6.07) is 24.1. The second-order valence-corrected chi connectivity index (χ2v) is 26.3. The number of ether oxygens (including phenoxy) is 3. The number of benzene rings is 6. The van der Waals surface area contributed by atoms with Crippen LogP contribution in [0.25, 0.3) is 66.9 Å². The Bertz CT molecular complexity index is 4830. The van der Waals surface area contributed by atoms with Crippen molar-refractivity contribution in [1.82, 2.24) is 15.0 Å².